The fourth-order valence-electron chi connectivity index (χ4n) is 3.39. The number of rotatable bonds is 4. The van der Waals surface area contributed by atoms with Crippen molar-refractivity contribution < 1.29 is 26.0 Å². The summed E-state index contributed by atoms with van der Waals surface area (Å²) in [4.78, 5) is 12.1. The van der Waals surface area contributed by atoms with Crippen molar-refractivity contribution >= 4 is 25.6 Å². The molecule has 0 aromatic heterocycles. The quantitative estimate of drug-likeness (QED) is 0.787. The number of hydrogen-bond acceptors (Lipinski definition) is 5. The fraction of sp³-hybridized carbons (Fsp3) is 0.562. The molecule has 138 valence electrons. The second-order valence-corrected chi connectivity index (χ2v) is 11.1. The number of hydrogen-bond donors (Lipinski definition) is 1. The third-order valence-electron chi connectivity index (χ3n) is 4.83. The molecule has 1 aliphatic heterocycles. The molecule has 1 unspecified atom stereocenters. The molecule has 0 radical (unpaired) electrons. The molecule has 2 aliphatic rings. The zero-order chi connectivity index (χ0) is 18.2. The molecule has 6 nitrogen and oxygen atoms in total. The lowest BCUT2D eigenvalue weighted by Crippen LogP contribution is -2.33. The summed E-state index contributed by atoms with van der Waals surface area (Å²) in [7, 11) is -7.31. The molecule has 0 spiro atoms. The standard InChI is InChI=1S/C16H20FNO5S2/c17-15-6-5-12(25(22,23)13-7-8-24(20,21)10-13)9-14(15)16(19)18-11-3-1-2-4-11/h5-6,9,11,13H,1-4,7-8,10H2,(H,18,19). The number of carbonyl (C=O) groups is 1. The number of sulfone groups is 2. The van der Waals surface area contributed by atoms with Crippen molar-refractivity contribution in [2.45, 2.75) is 48.3 Å². The molecule has 25 heavy (non-hydrogen) atoms. The summed E-state index contributed by atoms with van der Waals surface area (Å²) >= 11 is 0. The molecule has 1 saturated carbocycles. The van der Waals surface area contributed by atoms with Gasteiger partial charge >= 0.3 is 0 Å². The smallest absolute Gasteiger partial charge is 0.254 e. The maximum Gasteiger partial charge on any atom is 0.254 e. The normalized spacial score (nSPS) is 23.6. The molecule has 1 heterocycles. The Kier molecular flexibility index (Phi) is 4.89. The molecule has 1 N–H and O–H groups in total. The molecular weight excluding hydrogens is 369 g/mol. The minimum Gasteiger partial charge on any atom is -0.349 e. The van der Waals surface area contributed by atoms with E-state index < -0.39 is 42.4 Å². The van der Waals surface area contributed by atoms with Crippen molar-refractivity contribution in [3.8, 4) is 0 Å². The van der Waals surface area contributed by atoms with Crippen LogP contribution >= 0.6 is 0 Å². The number of halogens is 1. The molecule has 2 fully saturated rings. The number of amides is 1. The van der Waals surface area contributed by atoms with Crippen LogP contribution in [0.3, 0.4) is 0 Å². The Morgan fingerprint density at radius 2 is 1.84 bits per heavy atom. The Bertz CT molecular complexity index is 889. The van der Waals surface area contributed by atoms with Gasteiger partial charge in [0.25, 0.3) is 5.91 Å². The van der Waals surface area contributed by atoms with Crippen molar-refractivity contribution in [1.29, 1.82) is 0 Å². The minimum atomic E-state index is -3.94. The Balaban J connectivity index is 1.87. The molecule has 1 aromatic carbocycles. The van der Waals surface area contributed by atoms with Crippen molar-refractivity contribution in [1.82, 2.24) is 5.32 Å². The summed E-state index contributed by atoms with van der Waals surface area (Å²) in [5.41, 5.74) is -0.325. The summed E-state index contributed by atoms with van der Waals surface area (Å²) in [6, 6.07) is 3.02. The monoisotopic (exact) mass is 389 g/mol. The van der Waals surface area contributed by atoms with Gasteiger partial charge in [-0.2, -0.15) is 0 Å². The molecule has 1 atom stereocenters. The molecule has 9 heteroatoms. The van der Waals surface area contributed by atoms with Crippen molar-refractivity contribution in [3.05, 3.63) is 29.6 Å². The van der Waals surface area contributed by atoms with Gasteiger partial charge in [0, 0.05) is 6.04 Å². The molecule has 1 amide bonds. The van der Waals surface area contributed by atoms with Gasteiger partial charge < -0.3 is 5.32 Å². The Morgan fingerprint density at radius 3 is 2.44 bits per heavy atom. The highest BCUT2D eigenvalue weighted by Crippen LogP contribution is 2.27. The van der Waals surface area contributed by atoms with Crippen LogP contribution in [0.25, 0.3) is 0 Å². The predicted molar refractivity (Wildman–Crippen MR) is 90.4 cm³/mol. The maximum absolute atomic E-state index is 14.0. The SMILES string of the molecule is O=C(NC1CCCC1)c1cc(S(=O)(=O)C2CCS(=O)(=O)C2)ccc1F. The van der Waals surface area contributed by atoms with Crippen LogP contribution in [0, 0.1) is 5.82 Å². The van der Waals surface area contributed by atoms with E-state index in [1.165, 1.54) is 0 Å². The van der Waals surface area contributed by atoms with Gasteiger partial charge in [0.1, 0.15) is 5.82 Å². The van der Waals surface area contributed by atoms with Crippen molar-refractivity contribution in [3.63, 3.8) is 0 Å². The van der Waals surface area contributed by atoms with E-state index in [2.05, 4.69) is 5.32 Å². The highest BCUT2D eigenvalue weighted by Gasteiger charge is 2.38. The van der Waals surface area contributed by atoms with E-state index in [0.717, 1.165) is 43.9 Å². The van der Waals surface area contributed by atoms with Crippen molar-refractivity contribution in [2.24, 2.45) is 0 Å². The van der Waals surface area contributed by atoms with Crippen LogP contribution < -0.4 is 5.32 Å². The molecule has 1 saturated heterocycles. The van der Waals surface area contributed by atoms with Gasteiger partial charge in [0.15, 0.2) is 19.7 Å². The van der Waals surface area contributed by atoms with Crippen LogP contribution in [0.15, 0.2) is 23.1 Å². The second-order valence-electron chi connectivity index (χ2n) is 6.67. The molecule has 1 aromatic rings. The van der Waals surface area contributed by atoms with Crippen molar-refractivity contribution in [2.75, 3.05) is 11.5 Å². The summed E-state index contributed by atoms with van der Waals surface area (Å²) in [5.74, 6) is -2.04. The first kappa shape index (κ1) is 18.3. The van der Waals surface area contributed by atoms with Gasteiger partial charge in [-0.25, -0.2) is 21.2 Å². The van der Waals surface area contributed by atoms with Gasteiger partial charge in [-0.1, -0.05) is 12.8 Å². The van der Waals surface area contributed by atoms with E-state index in [0.29, 0.717) is 0 Å². The zero-order valence-electron chi connectivity index (χ0n) is 13.6. The van der Waals surface area contributed by atoms with Gasteiger partial charge in [-0.05, 0) is 37.5 Å². The second kappa shape index (κ2) is 6.68. The molecule has 1 aliphatic carbocycles. The van der Waals surface area contributed by atoms with E-state index in [9.17, 15) is 26.0 Å². The first-order valence-electron chi connectivity index (χ1n) is 8.24. The van der Waals surface area contributed by atoms with Gasteiger partial charge in [-0.15, -0.1) is 0 Å². The van der Waals surface area contributed by atoms with Gasteiger partial charge in [0.2, 0.25) is 0 Å². The Hall–Kier alpha value is -1.48. The van der Waals surface area contributed by atoms with E-state index in [1.807, 2.05) is 0 Å². The average molecular weight is 389 g/mol. The number of benzene rings is 1. The fourth-order valence-corrected chi connectivity index (χ4v) is 7.77. The predicted octanol–water partition coefficient (Wildman–Crippen LogP) is 1.46. The van der Waals surface area contributed by atoms with E-state index >= 15 is 0 Å². The van der Waals surface area contributed by atoms with Crippen LogP contribution in [0.4, 0.5) is 4.39 Å². The molecule has 0 bridgehead atoms. The van der Waals surface area contributed by atoms with Gasteiger partial charge in [0.05, 0.1) is 27.2 Å². The lowest BCUT2D eigenvalue weighted by atomic mass is 10.1. The number of carbonyl (C=O) groups excluding carboxylic acids is 1. The Morgan fingerprint density at radius 1 is 1.16 bits per heavy atom. The first-order valence-corrected chi connectivity index (χ1v) is 11.6. The van der Waals surface area contributed by atoms with Crippen LogP contribution in [0.2, 0.25) is 0 Å². The highest BCUT2D eigenvalue weighted by molar-refractivity contribution is 7.96. The third kappa shape index (κ3) is 3.87. The largest absolute Gasteiger partial charge is 0.349 e. The Labute approximate surface area is 146 Å². The summed E-state index contributed by atoms with van der Waals surface area (Å²) < 4.78 is 62.4. The van der Waals surface area contributed by atoms with Crippen LogP contribution in [-0.2, 0) is 19.7 Å². The van der Waals surface area contributed by atoms with Crippen LogP contribution in [0.5, 0.6) is 0 Å². The topological polar surface area (TPSA) is 97.4 Å². The summed E-state index contributed by atoms with van der Waals surface area (Å²) in [5, 5.41) is 1.68. The minimum absolute atomic E-state index is 0.0195. The first-order chi connectivity index (χ1) is 11.7. The van der Waals surface area contributed by atoms with E-state index in [-0.39, 0.29) is 28.7 Å². The van der Waals surface area contributed by atoms with Crippen LogP contribution in [-0.4, -0.2) is 45.5 Å². The lowest BCUT2D eigenvalue weighted by Gasteiger charge is -2.14. The molecule has 3 rings (SSSR count). The average Bonchev–Trinajstić information content (AvgIpc) is 3.16. The lowest BCUT2D eigenvalue weighted by molar-refractivity contribution is 0.0933. The molecular formula is C16H20FNO5S2. The highest BCUT2D eigenvalue weighted by atomic mass is 32.2. The van der Waals surface area contributed by atoms with Gasteiger partial charge in [-0.3, -0.25) is 4.79 Å². The third-order valence-corrected chi connectivity index (χ3v) is 9.00. The summed E-state index contributed by atoms with van der Waals surface area (Å²) in [6.45, 7) is 0. The van der Waals surface area contributed by atoms with Crippen LogP contribution in [0.1, 0.15) is 42.5 Å². The number of nitrogens with one attached hydrogen (secondary N) is 1. The van der Waals surface area contributed by atoms with E-state index in [1.54, 1.807) is 0 Å². The van der Waals surface area contributed by atoms with E-state index in [4.69, 9.17) is 0 Å². The zero-order valence-corrected chi connectivity index (χ0v) is 15.2. The maximum atomic E-state index is 14.0. The summed E-state index contributed by atoms with van der Waals surface area (Å²) in [6.07, 6.45) is 3.66.